The van der Waals surface area contributed by atoms with Gasteiger partial charge in [0.25, 0.3) is 0 Å². The summed E-state index contributed by atoms with van der Waals surface area (Å²) in [6, 6.07) is 0.0179. The van der Waals surface area contributed by atoms with Gasteiger partial charge in [0.1, 0.15) is 0 Å². The third kappa shape index (κ3) is 3.66. The fraction of sp³-hybridized carbons (Fsp3) is 0.800. The van der Waals surface area contributed by atoms with E-state index in [1.54, 1.807) is 0 Å². The van der Waals surface area contributed by atoms with Crippen molar-refractivity contribution in [3.63, 3.8) is 0 Å². The highest BCUT2D eigenvalue weighted by Crippen LogP contribution is 2.25. The molecule has 0 heterocycles. The number of amides is 2. The summed E-state index contributed by atoms with van der Waals surface area (Å²) in [5.41, 5.74) is 5.62. The summed E-state index contributed by atoms with van der Waals surface area (Å²) in [7, 11) is 0. The van der Waals surface area contributed by atoms with Crippen LogP contribution < -0.4 is 16.4 Å². The van der Waals surface area contributed by atoms with E-state index in [2.05, 4.69) is 10.6 Å². The topological polar surface area (TPSA) is 67.2 Å². The summed E-state index contributed by atoms with van der Waals surface area (Å²) in [4.78, 5) is 11.9. The molecule has 1 fully saturated rings. The highest BCUT2D eigenvalue weighted by molar-refractivity contribution is 7.80. The van der Waals surface area contributed by atoms with Crippen LogP contribution in [-0.2, 0) is 0 Å². The Balaban J connectivity index is 2.36. The van der Waals surface area contributed by atoms with Gasteiger partial charge < -0.3 is 16.4 Å². The molecule has 4 nitrogen and oxygen atoms in total. The molecular formula is C10H19N3OS. The molecule has 1 aliphatic rings. The van der Waals surface area contributed by atoms with E-state index in [0.29, 0.717) is 11.5 Å². The minimum Gasteiger partial charge on any atom is -0.393 e. The van der Waals surface area contributed by atoms with E-state index in [1.165, 1.54) is 0 Å². The molecule has 2 atom stereocenters. The maximum Gasteiger partial charge on any atom is 0.315 e. The second-order valence-corrected chi connectivity index (χ2v) is 4.42. The van der Waals surface area contributed by atoms with E-state index < -0.39 is 0 Å². The Hall–Kier alpha value is -0.840. The van der Waals surface area contributed by atoms with Crippen molar-refractivity contribution < 1.29 is 4.79 Å². The van der Waals surface area contributed by atoms with Crippen LogP contribution >= 0.6 is 12.2 Å². The first-order valence-electron chi connectivity index (χ1n) is 5.48. The molecule has 0 aromatic heterocycles. The van der Waals surface area contributed by atoms with Crippen molar-refractivity contribution in [2.45, 2.75) is 38.6 Å². The van der Waals surface area contributed by atoms with Gasteiger partial charge in [0.2, 0.25) is 0 Å². The van der Waals surface area contributed by atoms with Gasteiger partial charge in [-0.05, 0) is 19.3 Å². The fourth-order valence-corrected chi connectivity index (χ4v) is 2.21. The first kappa shape index (κ1) is 12.2. The van der Waals surface area contributed by atoms with Gasteiger partial charge in [-0.25, -0.2) is 4.79 Å². The average molecular weight is 229 g/mol. The zero-order valence-corrected chi connectivity index (χ0v) is 9.90. The van der Waals surface area contributed by atoms with Crippen molar-refractivity contribution >= 4 is 23.2 Å². The van der Waals surface area contributed by atoms with Gasteiger partial charge in [-0.15, -0.1) is 0 Å². The van der Waals surface area contributed by atoms with Gasteiger partial charge in [0, 0.05) is 18.5 Å². The van der Waals surface area contributed by atoms with Crippen molar-refractivity contribution in [2.24, 2.45) is 11.7 Å². The first-order chi connectivity index (χ1) is 7.15. The summed E-state index contributed by atoms with van der Waals surface area (Å²) in [6.45, 7) is 2.73. The second kappa shape index (κ2) is 5.90. The zero-order valence-electron chi connectivity index (χ0n) is 9.08. The molecule has 1 aliphatic carbocycles. The summed E-state index contributed by atoms with van der Waals surface area (Å²) >= 11 is 4.98. The lowest BCUT2D eigenvalue weighted by atomic mass is 10.0. The van der Waals surface area contributed by atoms with E-state index in [0.717, 1.165) is 25.7 Å². The molecule has 4 N–H and O–H groups in total. The van der Waals surface area contributed by atoms with Crippen molar-refractivity contribution in [2.75, 3.05) is 6.54 Å². The molecule has 0 radical (unpaired) electrons. The average Bonchev–Trinajstić information content (AvgIpc) is 2.62. The van der Waals surface area contributed by atoms with Crippen LogP contribution in [0, 0.1) is 5.92 Å². The first-order valence-corrected chi connectivity index (χ1v) is 5.89. The van der Waals surface area contributed by atoms with E-state index in [1.807, 2.05) is 6.92 Å². The Morgan fingerprint density at radius 3 is 2.87 bits per heavy atom. The molecule has 0 bridgehead atoms. The molecule has 86 valence electrons. The maximum atomic E-state index is 11.4. The Labute approximate surface area is 96.0 Å². The smallest absolute Gasteiger partial charge is 0.315 e. The van der Waals surface area contributed by atoms with Gasteiger partial charge in [-0.2, -0.15) is 0 Å². The Morgan fingerprint density at radius 1 is 1.53 bits per heavy atom. The van der Waals surface area contributed by atoms with Crippen LogP contribution in [0.3, 0.4) is 0 Å². The number of hydrogen-bond donors (Lipinski definition) is 3. The minimum absolute atomic E-state index is 0.106. The number of urea groups is 1. The van der Waals surface area contributed by atoms with Gasteiger partial charge in [-0.1, -0.05) is 25.6 Å². The van der Waals surface area contributed by atoms with Crippen molar-refractivity contribution in [1.29, 1.82) is 0 Å². The quantitative estimate of drug-likeness (QED) is 0.634. The number of nitrogens with two attached hydrogens (primary N) is 1. The lowest BCUT2D eigenvalue weighted by Crippen LogP contribution is -2.46. The molecule has 5 heteroatoms. The van der Waals surface area contributed by atoms with Crippen LogP contribution in [0.4, 0.5) is 4.79 Å². The predicted molar refractivity (Wildman–Crippen MR) is 64.7 cm³/mol. The summed E-state index contributed by atoms with van der Waals surface area (Å²) in [6.07, 6.45) is 3.99. The third-order valence-electron chi connectivity index (χ3n) is 2.73. The molecule has 0 aromatic carbocycles. The van der Waals surface area contributed by atoms with E-state index in [-0.39, 0.29) is 18.0 Å². The van der Waals surface area contributed by atoms with Gasteiger partial charge in [0.15, 0.2) is 0 Å². The van der Waals surface area contributed by atoms with Crippen LogP contribution in [0.2, 0.25) is 0 Å². The number of thiocarbonyl (C=S) groups is 1. The standard InChI is InChI=1S/C10H19N3OS/c1-2-6-12-10(14)13-8-5-3-4-7(8)9(11)15/h7-8H,2-6H2,1H3,(H2,11,15)(H2,12,13,14). The van der Waals surface area contributed by atoms with Crippen LogP contribution in [0.5, 0.6) is 0 Å². The Morgan fingerprint density at radius 2 is 2.27 bits per heavy atom. The van der Waals surface area contributed by atoms with Gasteiger partial charge >= 0.3 is 6.03 Å². The van der Waals surface area contributed by atoms with Gasteiger partial charge in [0.05, 0.1) is 4.99 Å². The molecule has 0 aliphatic heterocycles. The minimum atomic E-state index is -0.106. The number of carbonyl (C=O) groups excluding carboxylic acids is 1. The SMILES string of the molecule is CCCNC(=O)NC1CCCC1C(N)=S. The number of hydrogen-bond acceptors (Lipinski definition) is 2. The predicted octanol–water partition coefficient (Wildman–Crippen LogP) is 1.15. The monoisotopic (exact) mass is 229 g/mol. The summed E-state index contributed by atoms with van der Waals surface area (Å²) in [5.74, 6) is 0.173. The van der Waals surface area contributed by atoms with Crippen molar-refractivity contribution in [3.8, 4) is 0 Å². The molecule has 0 spiro atoms. The number of carbonyl (C=O) groups is 1. The second-order valence-electron chi connectivity index (χ2n) is 3.95. The van der Waals surface area contributed by atoms with E-state index in [9.17, 15) is 4.79 Å². The molecule has 15 heavy (non-hydrogen) atoms. The van der Waals surface area contributed by atoms with Gasteiger partial charge in [-0.3, -0.25) is 0 Å². The van der Waals surface area contributed by atoms with E-state index in [4.69, 9.17) is 18.0 Å². The van der Waals surface area contributed by atoms with Crippen LogP contribution in [-0.4, -0.2) is 23.6 Å². The Bertz CT molecular complexity index is 245. The largest absolute Gasteiger partial charge is 0.393 e. The molecule has 2 unspecified atom stereocenters. The molecular weight excluding hydrogens is 210 g/mol. The van der Waals surface area contributed by atoms with Crippen LogP contribution in [0.15, 0.2) is 0 Å². The highest BCUT2D eigenvalue weighted by atomic mass is 32.1. The molecule has 2 amide bonds. The molecule has 1 saturated carbocycles. The van der Waals surface area contributed by atoms with E-state index >= 15 is 0 Å². The van der Waals surface area contributed by atoms with Crippen LogP contribution in [0.1, 0.15) is 32.6 Å². The van der Waals surface area contributed by atoms with Crippen molar-refractivity contribution in [3.05, 3.63) is 0 Å². The number of nitrogens with one attached hydrogen (secondary N) is 2. The normalized spacial score (nSPS) is 24.9. The Kier molecular flexibility index (Phi) is 4.81. The maximum absolute atomic E-state index is 11.4. The molecule has 1 rings (SSSR count). The lowest BCUT2D eigenvalue weighted by Gasteiger charge is -2.20. The third-order valence-corrected chi connectivity index (χ3v) is 3.04. The van der Waals surface area contributed by atoms with Crippen LogP contribution in [0.25, 0.3) is 0 Å². The molecule has 0 aromatic rings. The lowest BCUT2D eigenvalue weighted by molar-refractivity contribution is 0.236. The zero-order chi connectivity index (χ0) is 11.3. The molecule has 0 saturated heterocycles. The van der Waals surface area contributed by atoms with Crippen molar-refractivity contribution in [1.82, 2.24) is 10.6 Å². The number of rotatable bonds is 4. The highest BCUT2D eigenvalue weighted by Gasteiger charge is 2.30. The fourth-order valence-electron chi connectivity index (χ4n) is 1.93. The summed E-state index contributed by atoms with van der Waals surface area (Å²) < 4.78 is 0. The summed E-state index contributed by atoms with van der Waals surface area (Å²) in [5, 5.41) is 5.71.